The fourth-order valence-corrected chi connectivity index (χ4v) is 3.99. The third-order valence-corrected chi connectivity index (χ3v) is 5.60. The van der Waals surface area contributed by atoms with E-state index in [4.69, 9.17) is 0 Å². The molecule has 0 saturated carbocycles. The van der Waals surface area contributed by atoms with Crippen molar-refractivity contribution in [2.45, 2.75) is 6.54 Å². The third-order valence-electron chi connectivity index (χ3n) is 4.73. The molecule has 3 rings (SSSR count). The third kappa shape index (κ3) is 6.08. The molecule has 1 aromatic carbocycles. The molecule has 1 fully saturated rings. The van der Waals surface area contributed by atoms with E-state index in [1.807, 2.05) is 0 Å². The van der Waals surface area contributed by atoms with Gasteiger partial charge in [-0.15, -0.1) is 11.3 Å². The summed E-state index contributed by atoms with van der Waals surface area (Å²) in [7, 11) is 0. The molecule has 2 amide bonds. The van der Waals surface area contributed by atoms with E-state index in [0.717, 1.165) is 44.9 Å². The Morgan fingerprint density at radius 2 is 1.75 bits per heavy atom. The zero-order valence-corrected chi connectivity index (χ0v) is 16.2. The first kappa shape index (κ1) is 20.4. The van der Waals surface area contributed by atoms with E-state index in [1.54, 1.807) is 11.3 Å². The maximum absolute atomic E-state index is 13.1. The first-order valence-electron chi connectivity index (χ1n) is 9.20. The number of hydrogen-bond acceptors (Lipinski definition) is 3. The van der Waals surface area contributed by atoms with Gasteiger partial charge < -0.3 is 20.4 Å². The molecular formula is C19H24F2N4O2S+2. The topological polar surface area (TPSA) is 67.1 Å². The highest BCUT2D eigenvalue weighted by Crippen LogP contribution is 2.12. The summed E-state index contributed by atoms with van der Waals surface area (Å²) >= 11 is 1.77. The molecule has 1 saturated heterocycles. The van der Waals surface area contributed by atoms with Gasteiger partial charge in [-0.3, -0.25) is 9.59 Å². The standard InChI is InChI=1S/C19H22F2N4O2S/c20-16-4-3-14(10-17(16)21)23-18(26)11-22-19(27)13-25-7-5-24(6-8-25)12-15-2-1-9-28-15/h1-4,9-10H,5-8,11-13H2,(H,22,27)(H,23,26)/p+2. The number of benzene rings is 1. The number of anilines is 1. The molecule has 1 aliphatic rings. The number of halogens is 2. The zero-order valence-electron chi connectivity index (χ0n) is 15.4. The lowest BCUT2D eigenvalue weighted by molar-refractivity contribution is -1.01. The van der Waals surface area contributed by atoms with Gasteiger partial charge in [0.15, 0.2) is 18.2 Å². The van der Waals surface area contributed by atoms with Crippen molar-refractivity contribution in [2.24, 2.45) is 0 Å². The highest BCUT2D eigenvalue weighted by atomic mass is 32.1. The number of carbonyl (C=O) groups is 2. The maximum atomic E-state index is 13.1. The Morgan fingerprint density at radius 3 is 2.43 bits per heavy atom. The van der Waals surface area contributed by atoms with Crippen molar-refractivity contribution < 1.29 is 28.2 Å². The van der Waals surface area contributed by atoms with Crippen LogP contribution in [0.15, 0.2) is 35.7 Å². The summed E-state index contributed by atoms with van der Waals surface area (Å²) in [5, 5.41) is 7.09. The average molecular weight is 410 g/mol. The minimum absolute atomic E-state index is 0.147. The van der Waals surface area contributed by atoms with Gasteiger partial charge in [-0.1, -0.05) is 6.07 Å². The van der Waals surface area contributed by atoms with E-state index in [9.17, 15) is 18.4 Å². The molecule has 6 nitrogen and oxygen atoms in total. The summed E-state index contributed by atoms with van der Waals surface area (Å²) in [6.45, 7) is 4.99. The van der Waals surface area contributed by atoms with Crippen molar-refractivity contribution in [2.75, 3.05) is 44.6 Å². The van der Waals surface area contributed by atoms with E-state index < -0.39 is 17.5 Å². The van der Waals surface area contributed by atoms with Gasteiger partial charge >= 0.3 is 0 Å². The van der Waals surface area contributed by atoms with Crippen LogP contribution in [-0.4, -0.2) is 51.1 Å². The molecule has 0 atom stereocenters. The van der Waals surface area contributed by atoms with Gasteiger partial charge in [0.05, 0.1) is 11.4 Å². The molecule has 0 radical (unpaired) electrons. The molecule has 0 bridgehead atoms. The first-order valence-corrected chi connectivity index (χ1v) is 10.1. The summed E-state index contributed by atoms with van der Waals surface area (Å²) < 4.78 is 26.0. The summed E-state index contributed by atoms with van der Waals surface area (Å²) in [6.07, 6.45) is 0. The highest BCUT2D eigenvalue weighted by molar-refractivity contribution is 7.09. The van der Waals surface area contributed by atoms with Crippen LogP contribution in [0.1, 0.15) is 4.88 Å². The second kappa shape index (κ2) is 9.72. The number of quaternary nitrogens is 2. The minimum atomic E-state index is -1.04. The molecule has 150 valence electrons. The molecule has 2 heterocycles. The second-order valence-corrected chi connectivity index (χ2v) is 7.92. The number of thiophene rings is 1. The van der Waals surface area contributed by atoms with Crippen molar-refractivity contribution in [3.8, 4) is 0 Å². The zero-order chi connectivity index (χ0) is 19.9. The van der Waals surface area contributed by atoms with Crippen LogP contribution < -0.4 is 20.4 Å². The number of piperazine rings is 1. The Hall–Kier alpha value is -2.36. The summed E-state index contributed by atoms with van der Waals surface area (Å²) in [5.41, 5.74) is 0.147. The van der Waals surface area contributed by atoms with Crippen molar-refractivity contribution in [3.05, 3.63) is 52.2 Å². The van der Waals surface area contributed by atoms with Gasteiger partial charge in [-0.25, -0.2) is 8.78 Å². The second-order valence-electron chi connectivity index (χ2n) is 6.89. The van der Waals surface area contributed by atoms with Crippen LogP contribution in [-0.2, 0) is 16.1 Å². The smallest absolute Gasteiger partial charge is 0.275 e. The maximum Gasteiger partial charge on any atom is 0.275 e. The average Bonchev–Trinajstić information content (AvgIpc) is 3.18. The van der Waals surface area contributed by atoms with Crippen LogP contribution in [0.2, 0.25) is 0 Å². The van der Waals surface area contributed by atoms with Gasteiger partial charge in [0.1, 0.15) is 32.7 Å². The predicted molar refractivity (Wildman–Crippen MR) is 102 cm³/mol. The summed E-state index contributed by atoms with van der Waals surface area (Å²) in [4.78, 5) is 28.0. The van der Waals surface area contributed by atoms with Crippen LogP contribution in [0.5, 0.6) is 0 Å². The molecule has 0 aliphatic carbocycles. The lowest BCUT2D eigenvalue weighted by Crippen LogP contribution is -3.28. The molecule has 0 spiro atoms. The van der Waals surface area contributed by atoms with Crippen LogP contribution >= 0.6 is 11.3 Å². The summed E-state index contributed by atoms with van der Waals surface area (Å²) in [5.74, 6) is -2.70. The monoisotopic (exact) mass is 410 g/mol. The number of hydrogen-bond donors (Lipinski definition) is 4. The molecule has 1 aliphatic heterocycles. The number of carbonyl (C=O) groups excluding carboxylic acids is 2. The number of amides is 2. The largest absolute Gasteiger partial charge is 0.342 e. The minimum Gasteiger partial charge on any atom is -0.342 e. The van der Waals surface area contributed by atoms with E-state index in [2.05, 4.69) is 28.1 Å². The molecule has 1 aromatic heterocycles. The molecule has 2 aromatic rings. The van der Waals surface area contributed by atoms with Crippen molar-refractivity contribution >= 4 is 28.8 Å². The molecular weight excluding hydrogens is 386 g/mol. The lowest BCUT2D eigenvalue weighted by atomic mass is 10.3. The number of rotatable bonds is 7. The lowest BCUT2D eigenvalue weighted by Gasteiger charge is -2.29. The molecule has 9 heteroatoms. The van der Waals surface area contributed by atoms with E-state index in [1.165, 1.54) is 20.7 Å². The summed E-state index contributed by atoms with van der Waals surface area (Å²) in [6, 6.07) is 7.31. The van der Waals surface area contributed by atoms with Gasteiger partial charge in [-0.2, -0.15) is 0 Å². The van der Waals surface area contributed by atoms with Gasteiger partial charge in [0, 0.05) is 11.8 Å². The molecule has 0 unspecified atom stereocenters. The number of nitrogens with one attached hydrogen (secondary N) is 4. The predicted octanol–water partition coefficient (Wildman–Crippen LogP) is -0.935. The van der Waals surface area contributed by atoms with Crippen molar-refractivity contribution in [1.82, 2.24) is 5.32 Å². The van der Waals surface area contributed by atoms with Crippen LogP contribution in [0.4, 0.5) is 14.5 Å². The fourth-order valence-electron chi connectivity index (χ4n) is 3.22. The Morgan fingerprint density at radius 1 is 1.00 bits per heavy atom. The van der Waals surface area contributed by atoms with E-state index in [0.29, 0.717) is 6.54 Å². The quantitative estimate of drug-likeness (QED) is 0.476. The molecule has 28 heavy (non-hydrogen) atoms. The first-order chi connectivity index (χ1) is 13.5. The van der Waals surface area contributed by atoms with E-state index in [-0.39, 0.29) is 18.1 Å². The van der Waals surface area contributed by atoms with Crippen LogP contribution in [0.25, 0.3) is 0 Å². The Bertz CT molecular complexity index is 808. The Kier molecular flexibility index (Phi) is 7.07. The van der Waals surface area contributed by atoms with Crippen LogP contribution in [0.3, 0.4) is 0 Å². The highest BCUT2D eigenvalue weighted by Gasteiger charge is 2.25. The van der Waals surface area contributed by atoms with Crippen molar-refractivity contribution in [3.63, 3.8) is 0 Å². The van der Waals surface area contributed by atoms with Crippen molar-refractivity contribution in [1.29, 1.82) is 0 Å². The van der Waals surface area contributed by atoms with Gasteiger partial charge in [0.25, 0.3) is 5.91 Å². The SMILES string of the molecule is O=C(C[NH+]1CC[NH+](Cc2cccs2)CC1)NCC(=O)Nc1ccc(F)c(F)c1. The Balaban J connectivity index is 1.34. The van der Waals surface area contributed by atoms with Gasteiger partial charge in [0.2, 0.25) is 5.91 Å². The van der Waals surface area contributed by atoms with E-state index >= 15 is 0 Å². The normalized spacial score (nSPS) is 19.2. The van der Waals surface area contributed by atoms with Gasteiger partial charge in [-0.05, 0) is 23.6 Å². The fraction of sp³-hybridized carbons (Fsp3) is 0.368. The van der Waals surface area contributed by atoms with Crippen LogP contribution in [0, 0.1) is 11.6 Å². The molecule has 4 N–H and O–H groups in total. The Labute approximate surface area is 166 Å².